The van der Waals surface area contributed by atoms with E-state index in [1.165, 1.54) is 5.56 Å². The third-order valence-corrected chi connectivity index (χ3v) is 3.02. The Hall–Kier alpha value is -2.15. The molecule has 1 heterocycles. The minimum absolute atomic E-state index is 0.0568. The van der Waals surface area contributed by atoms with Crippen molar-refractivity contribution >= 4 is 0 Å². The predicted octanol–water partition coefficient (Wildman–Crippen LogP) is 2.67. The summed E-state index contributed by atoms with van der Waals surface area (Å²) in [6.07, 6.45) is 0.839. The van der Waals surface area contributed by atoms with Crippen LogP contribution in [0.5, 0.6) is 0 Å². The van der Waals surface area contributed by atoms with Crippen molar-refractivity contribution in [3.8, 4) is 17.5 Å². The Morgan fingerprint density at radius 2 is 2.12 bits per heavy atom. The van der Waals surface area contributed by atoms with Gasteiger partial charge in [-0.05, 0) is 13.3 Å². The molecule has 0 amide bonds. The van der Waals surface area contributed by atoms with E-state index in [0.717, 1.165) is 12.0 Å². The summed E-state index contributed by atoms with van der Waals surface area (Å²) in [6, 6.07) is 10.2. The Bertz CT molecular complexity index is 579. The summed E-state index contributed by atoms with van der Waals surface area (Å²) in [7, 11) is 0. The van der Waals surface area contributed by atoms with Crippen molar-refractivity contribution < 1.29 is 4.52 Å². The van der Waals surface area contributed by atoms with Crippen LogP contribution in [-0.4, -0.2) is 10.1 Å². The number of hydrogen-bond donors (Lipinski definition) is 0. The van der Waals surface area contributed by atoms with Gasteiger partial charge in [-0.2, -0.15) is 10.2 Å². The molecule has 84 valence electrons. The highest BCUT2D eigenvalue weighted by Gasteiger charge is 2.43. The highest BCUT2D eigenvalue weighted by molar-refractivity contribution is 5.54. The average Bonchev–Trinajstić information content (AvgIpc) is 2.99. The zero-order valence-corrected chi connectivity index (χ0v) is 9.42. The van der Waals surface area contributed by atoms with Gasteiger partial charge in [0.25, 0.3) is 0 Å². The van der Waals surface area contributed by atoms with Gasteiger partial charge in [-0.3, -0.25) is 0 Å². The Morgan fingerprint density at radius 3 is 2.76 bits per heavy atom. The maximum absolute atomic E-state index is 8.75. The molecule has 0 N–H and O–H groups in total. The molecule has 17 heavy (non-hydrogen) atoms. The molecule has 1 fully saturated rings. The summed E-state index contributed by atoms with van der Waals surface area (Å²) in [5.41, 5.74) is 2.14. The Balaban J connectivity index is 1.86. The van der Waals surface area contributed by atoms with Crippen molar-refractivity contribution in [1.82, 2.24) is 10.1 Å². The minimum atomic E-state index is 0.0568. The molecular formula is C13H11N3O. The fourth-order valence-corrected chi connectivity index (χ4v) is 1.82. The van der Waals surface area contributed by atoms with Crippen molar-refractivity contribution in [3.05, 3.63) is 35.7 Å². The fraction of sp³-hybridized carbons (Fsp3) is 0.308. The summed E-state index contributed by atoms with van der Waals surface area (Å²) < 4.78 is 5.19. The number of rotatable bonds is 2. The lowest BCUT2D eigenvalue weighted by Crippen LogP contribution is -1.83. The van der Waals surface area contributed by atoms with Crippen molar-refractivity contribution in [1.29, 1.82) is 5.26 Å². The molecule has 1 saturated carbocycles. The van der Waals surface area contributed by atoms with Crippen LogP contribution >= 0.6 is 0 Å². The van der Waals surface area contributed by atoms with Crippen molar-refractivity contribution in [3.63, 3.8) is 0 Å². The zero-order chi connectivity index (χ0) is 11.8. The van der Waals surface area contributed by atoms with E-state index in [4.69, 9.17) is 9.78 Å². The first-order chi connectivity index (χ1) is 8.28. The predicted molar refractivity (Wildman–Crippen MR) is 60.9 cm³/mol. The van der Waals surface area contributed by atoms with E-state index in [0.29, 0.717) is 11.7 Å². The Labute approximate surface area is 98.9 Å². The topological polar surface area (TPSA) is 62.7 Å². The van der Waals surface area contributed by atoms with Gasteiger partial charge in [0, 0.05) is 5.56 Å². The SMILES string of the molecule is Cc1ccc(-c2noc(C3CC3C#N)n2)cc1. The molecule has 0 radical (unpaired) electrons. The monoisotopic (exact) mass is 225 g/mol. The number of nitriles is 1. The highest BCUT2D eigenvalue weighted by atomic mass is 16.5. The molecule has 3 rings (SSSR count). The van der Waals surface area contributed by atoms with Crippen molar-refractivity contribution in [2.45, 2.75) is 19.3 Å². The second-order valence-corrected chi connectivity index (χ2v) is 4.40. The summed E-state index contributed by atoms with van der Waals surface area (Å²) in [5.74, 6) is 1.39. The van der Waals surface area contributed by atoms with Crippen LogP contribution in [0.15, 0.2) is 28.8 Å². The van der Waals surface area contributed by atoms with E-state index in [1.54, 1.807) is 0 Å². The lowest BCUT2D eigenvalue weighted by atomic mass is 10.1. The van der Waals surface area contributed by atoms with E-state index in [1.807, 2.05) is 31.2 Å². The zero-order valence-electron chi connectivity index (χ0n) is 9.42. The van der Waals surface area contributed by atoms with Gasteiger partial charge in [-0.1, -0.05) is 35.0 Å². The van der Waals surface area contributed by atoms with Gasteiger partial charge in [0.1, 0.15) is 0 Å². The molecule has 4 heteroatoms. The maximum Gasteiger partial charge on any atom is 0.231 e. The second-order valence-electron chi connectivity index (χ2n) is 4.40. The average molecular weight is 225 g/mol. The normalized spacial score (nSPS) is 22.1. The first-order valence-corrected chi connectivity index (χ1v) is 5.58. The first-order valence-electron chi connectivity index (χ1n) is 5.58. The number of benzene rings is 1. The molecule has 0 aliphatic heterocycles. The number of aryl methyl sites for hydroxylation is 1. The molecule has 4 nitrogen and oxygen atoms in total. The van der Waals surface area contributed by atoms with E-state index in [-0.39, 0.29) is 11.8 Å². The Morgan fingerprint density at radius 1 is 1.35 bits per heavy atom. The fourth-order valence-electron chi connectivity index (χ4n) is 1.82. The first kappa shape index (κ1) is 10.0. The number of nitrogens with zero attached hydrogens (tertiary/aromatic N) is 3. The van der Waals surface area contributed by atoms with Crippen LogP contribution < -0.4 is 0 Å². The van der Waals surface area contributed by atoms with Crippen LogP contribution in [0.2, 0.25) is 0 Å². The van der Waals surface area contributed by atoms with E-state index in [2.05, 4.69) is 16.2 Å². The summed E-state index contributed by atoms with van der Waals surface area (Å²) in [6.45, 7) is 2.03. The standard InChI is InChI=1S/C13H11N3O/c1-8-2-4-9(5-3-8)12-15-13(17-16-12)11-6-10(11)7-14/h2-5,10-11H,6H2,1H3. The lowest BCUT2D eigenvalue weighted by molar-refractivity contribution is 0.378. The van der Waals surface area contributed by atoms with Gasteiger partial charge in [-0.25, -0.2) is 0 Å². The summed E-state index contributed by atoms with van der Waals surface area (Å²) >= 11 is 0. The van der Waals surface area contributed by atoms with Gasteiger partial charge in [0.2, 0.25) is 11.7 Å². The van der Waals surface area contributed by atoms with E-state index < -0.39 is 0 Å². The van der Waals surface area contributed by atoms with Gasteiger partial charge in [-0.15, -0.1) is 0 Å². The van der Waals surface area contributed by atoms with Crippen molar-refractivity contribution in [2.24, 2.45) is 5.92 Å². The second kappa shape index (κ2) is 3.70. The molecule has 0 spiro atoms. The Kier molecular flexibility index (Phi) is 2.19. The van der Waals surface area contributed by atoms with Gasteiger partial charge in [0.15, 0.2) is 0 Å². The molecular weight excluding hydrogens is 214 g/mol. The molecule has 1 aromatic carbocycles. The molecule has 0 bridgehead atoms. The molecule has 0 saturated heterocycles. The summed E-state index contributed by atoms with van der Waals surface area (Å²) in [4.78, 5) is 4.34. The van der Waals surface area contributed by atoms with Crippen LogP contribution in [-0.2, 0) is 0 Å². The molecule has 1 aliphatic carbocycles. The van der Waals surface area contributed by atoms with E-state index >= 15 is 0 Å². The molecule has 1 aromatic heterocycles. The number of hydrogen-bond acceptors (Lipinski definition) is 4. The van der Waals surface area contributed by atoms with Gasteiger partial charge >= 0.3 is 0 Å². The highest BCUT2D eigenvalue weighted by Crippen LogP contribution is 2.46. The largest absolute Gasteiger partial charge is 0.339 e. The van der Waals surface area contributed by atoms with Crippen LogP contribution in [0.25, 0.3) is 11.4 Å². The molecule has 2 aromatic rings. The molecule has 1 aliphatic rings. The maximum atomic E-state index is 8.75. The van der Waals surface area contributed by atoms with Crippen molar-refractivity contribution in [2.75, 3.05) is 0 Å². The minimum Gasteiger partial charge on any atom is -0.339 e. The van der Waals surface area contributed by atoms with E-state index in [9.17, 15) is 0 Å². The molecule has 2 unspecified atom stereocenters. The lowest BCUT2D eigenvalue weighted by Gasteiger charge is -1.94. The van der Waals surface area contributed by atoms with Gasteiger partial charge < -0.3 is 4.52 Å². The number of aromatic nitrogens is 2. The smallest absolute Gasteiger partial charge is 0.231 e. The van der Waals surface area contributed by atoms with Crippen LogP contribution in [0.1, 0.15) is 23.8 Å². The molecule has 2 atom stereocenters. The van der Waals surface area contributed by atoms with Crippen LogP contribution in [0.3, 0.4) is 0 Å². The van der Waals surface area contributed by atoms with Gasteiger partial charge in [0.05, 0.1) is 17.9 Å². The van der Waals surface area contributed by atoms with Crippen LogP contribution in [0, 0.1) is 24.2 Å². The third kappa shape index (κ3) is 1.80. The third-order valence-electron chi connectivity index (χ3n) is 3.02. The van der Waals surface area contributed by atoms with Crippen LogP contribution in [0.4, 0.5) is 0 Å². The summed E-state index contributed by atoms with van der Waals surface area (Å²) in [5, 5.41) is 12.7. The quantitative estimate of drug-likeness (QED) is 0.788.